The van der Waals surface area contributed by atoms with Gasteiger partial charge in [-0.05, 0) is 52.3 Å². The van der Waals surface area contributed by atoms with Crippen LogP contribution in [0.3, 0.4) is 0 Å². The van der Waals surface area contributed by atoms with Crippen LogP contribution < -0.4 is 10.1 Å². The Labute approximate surface area is 184 Å². The molecule has 0 atom stereocenters. The van der Waals surface area contributed by atoms with Crippen molar-refractivity contribution in [2.45, 2.75) is 4.90 Å². The van der Waals surface area contributed by atoms with Crippen molar-refractivity contribution >= 4 is 44.3 Å². The van der Waals surface area contributed by atoms with Crippen LogP contribution in [-0.2, 0) is 10.0 Å². The smallest absolute Gasteiger partial charge is 0.287 e. The second-order valence-corrected chi connectivity index (χ2v) is 9.00. The summed E-state index contributed by atoms with van der Waals surface area (Å²) in [4.78, 5) is 14.3. The SMILES string of the molecule is COc1ccc(S(=O)(=O)N2CCN(CCNC(=O)c3ccc(Br)o3)CC2)cc1.Cl. The predicted octanol–water partition coefficient (Wildman–Crippen LogP) is 2.21. The molecule has 1 aromatic carbocycles. The number of benzene rings is 1. The molecule has 0 unspecified atom stereocenters. The van der Waals surface area contributed by atoms with E-state index < -0.39 is 10.0 Å². The molecule has 3 rings (SSSR count). The molecule has 1 aliphatic heterocycles. The zero-order valence-electron chi connectivity index (χ0n) is 15.8. The van der Waals surface area contributed by atoms with Gasteiger partial charge in [-0.3, -0.25) is 9.69 Å². The second-order valence-electron chi connectivity index (χ2n) is 6.28. The first-order chi connectivity index (χ1) is 13.4. The third kappa shape index (κ3) is 5.95. The van der Waals surface area contributed by atoms with E-state index in [1.54, 1.807) is 43.5 Å². The Kier molecular flexibility index (Phi) is 8.53. The van der Waals surface area contributed by atoms with E-state index in [1.165, 1.54) is 4.31 Å². The molecule has 11 heteroatoms. The number of hydrogen-bond donors (Lipinski definition) is 1. The summed E-state index contributed by atoms with van der Waals surface area (Å²) in [6, 6.07) is 9.67. The van der Waals surface area contributed by atoms with Gasteiger partial charge < -0.3 is 14.5 Å². The quantitative estimate of drug-likeness (QED) is 0.617. The van der Waals surface area contributed by atoms with Crippen molar-refractivity contribution in [3.8, 4) is 5.75 Å². The van der Waals surface area contributed by atoms with E-state index in [0.717, 1.165) is 0 Å². The Morgan fingerprint density at radius 2 is 1.79 bits per heavy atom. The largest absolute Gasteiger partial charge is 0.497 e. The number of sulfonamides is 1. The molecule has 0 aliphatic carbocycles. The Bertz CT molecular complexity index is 912. The zero-order valence-corrected chi connectivity index (χ0v) is 19.1. The first-order valence-electron chi connectivity index (χ1n) is 8.80. The molecular weight excluding hydrogens is 486 g/mol. The van der Waals surface area contributed by atoms with Crippen LogP contribution in [0, 0.1) is 0 Å². The highest BCUT2D eigenvalue weighted by atomic mass is 79.9. The number of hydrogen-bond acceptors (Lipinski definition) is 6. The molecule has 8 nitrogen and oxygen atoms in total. The minimum atomic E-state index is -3.51. The Hall–Kier alpha value is -1.59. The van der Waals surface area contributed by atoms with E-state index in [9.17, 15) is 13.2 Å². The van der Waals surface area contributed by atoms with Gasteiger partial charge in [-0.25, -0.2) is 8.42 Å². The van der Waals surface area contributed by atoms with Gasteiger partial charge in [0.15, 0.2) is 10.4 Å². The van der Waals surface area contributed by atoms with Crippen LogP contribution in [0.4, 0.5) is 0 Å². The first kappa shape index (κ1) is 23.7. The van der Waals surface area contributed by atoms with Crippen molar-refractivity contribution in [1.29, 1.82) is 0 Å². The fourth-order valence-corrected chi connectivity index (χ4v) is 4.67. The minimum Gasteiger partial charge on any atom is -0.497 e. The van der Waals surface area contributed by atoms with Crippen molar-refractivity contribution in [2.75, 3.05) is 46.4 Å². The summed E-state index contributed by atoms with van der Waals surface area (Å²) in [5, 5.41) is 2.80. The third-order valence-corrected chi connectivity index (χ3v) is 6.88. The number of furan rings is 1. The molecule has 1 aromatic heterocycles. The number of nitrogens with one attached hydrogen (secondary N) is 1. The average Bonchev–Trinajstić information content (AvgIpc) is 3.15. The number of ether oxygens (including phenoxy) is 1. The molecule has 2 heterocycles. The predicted molar refractivity (Wildman–Crippen MR) is 114 cm³/mol. The van der Waals surface area contributed by atoms with Gasteiger partial charge in [0, 0.05) is 39.3 Å². The fraction of sp³-hybridized carbons (Fsp3) is 0.389. The van der Waals surface area contributed by atoms with Crippen LogP contribution in [0.1, 0.15) is 10.6 Å². The highest BCUT2D eigenvalue weighted by Crippen LogP contribution is 2.20. The van der Waals surface area contributed by atoms with Crippen LogP contribution in [0.5, 0.6) is 5.75 Å². The number of carbonyl (C=O) groups excluding carboxylic acids is 1. The lowest BCUT2D eigenvalue weighted by Crippen LogP contribution is -2.50. The zero-order chi connectivity index (χ0) is 20.1. The molecule has 2 aromatic rings. The molecule has 0 radical (unpaired) electrons. The van der Waals surface area contributed by atoms with Gasteiger partial charge in [0.05, 0.1) is 12.0 Å². The monoisotopic (exact) mass is 507 g/mol. The number of carbonyl (C=O) groups is 1. The Balaban J connectivity index is 0.00000300. The maximum absolute atomic E-state index is 12.8. The lowest BCUT2D eigenvalue weighted by Gasteiger charge is -2.33. The van der Waals surface area contributed by atoms with Gasteiger partial charge in [0.25, 0.3) is 5.91 Å². The molecule has 160 valence electrons. The number of methoxy groups -OCH3 is 1. The molecule has 0 spiro atoms. The highest BCUT2D eigenvalue weighted by Gasteiger charge is 2.28. The molecule has 1 amide bonds. The summed E-state index contributed by atoms with van der Waals surface area (Å²) in [5.41, 5.74) is 0. The summed E-state index contributed by atoms with van der Waals surface area (Å²) in [6.07, 6.45) is 0. The standard InChI is InChI=1S/C18H22BrN3O5S.ClH/c1-26-14-2-4-15(5-3-14)28(24,25)22-12-10-21(11-13-22)9-8-20-18(23)16-6-7-17(19)27-16;/h2-7H,8-13H2,1H3,(H,20,23);1H. The molecule has 1 aliphatic rings. The summed E-state index contributed by atoms with van der Waals surface area (Å²) in [6.45, 7) is 3.14. The second kappa shape index (κ2) is 10.4. The lowest BCUT2D eigenvalue weighted by atomic mass is 10.3. The molecule has 0 saturated carbocycles. The summed E-state index contributed by atoms with van der Waals surface area (Å²) in [5.74, 6) is 0.599. The third-order valence-electron chi connectivity index (χ3n) is 4.54. The van der Waals surface area contributed by atoms with Gasteiger partial charge in [-0.2, -0.15) is 4.31 Å². The maximum atomic E-state index is 12.8. The van der Waals surface area contributed by atoms with Crippen molar-refractivity contribution in [3.63, 3.8) is 0 Å². The number of halogens is 2. The average molecular weight is 509 g/mol. The lowest BCUT2D eigenvalue weighted by molar-refractivity contribution is 0.0916. The molecule has 29 heavy (non-hydrogen) atoms. The summed E-state index contributed by atoms with van der Waals surface area (Å²) >= 11 is 3.16. The van der Waals surface area contributed by atoms with E-state index in [4.69, 9.17) is 9.15 Å². The van der Waals surface area contributed by atoms with Crippen LogP contribution in [0.15, 0.2) is 50.4 Å². The van der Waals surface area contributed by atoms with Crippen LogP contribution >= 0.6 is 28.3 Å². The van der Waals surface area contributed by atoms with E-state index >= 15 is 0 Å². The van der Waals surface area contributed by atoms with Crippen molar-refractivity contribution in [2.24, 2.45) is 0 Å². The molecule has 0 bridgehead atoms. The van der Waals surface area contributed by atoms with Crippen LogP contribution in [0.25, 0.3) is 0 Å². The van der Waals surface area contributed by atoms with E-state index in [2.05, 4.69) is 26.1 Å². The van der Waals surface area contributed by atoms with E-state index in [0.29, 0.717) is 49.7 Å². The normalized spacial score (nSPS) is 15.5. The number of nitrogens with zero attached hydrogens (tertiary/aromatic N) is 2. The van der Waals surface area contributed by atoms with E-state index in [-0.39, 0.29) is 29.0 Å². The summed E-state index contributed by atoms with van der Waals surface area (Å²) < 4.78 is 37.8. The van der Waals surface area contributed by atoms with Gasteiger partial charge in [-0.1, -0.05) is 0 Å². The molecular formula is C18H23BrClN3O5S. The van der Waals surface area contributed by atoms with Crippen LogP contribution in [-0.4, -0.2) is 69.9 Å². The fourth-order valence-electron chi connectivity index (χ4n) is 2.94. The number of rotatable bonds is 7. The Morgan fingerprint density at radius 3 is 2.34 bits per heavy atom. The Morgan fingerprint density at radius 1 is 1.14 bits per heavy atom. The van der Waals surface area contributed by atoms with Crippen molar-refractivity contribution in [3.05, 3.63) is 46.8 Å². The molecule has 1 fully saturated rings. The van der Waals surface area contributed by atoms with Crippen LogP contribution in [0.2, 0.25) is 0 Å². The van der Waals surface area contributed by atoms with E-state index in [1.807, 2.05) is 0 Å². The van der Waals surface area contributed by atoms with Crippen molar-refractivity contribution < 1.29 is 22.4 Å². The number of amides is 1. The topological polar surface area (TPSA) is 92.1 Å². The van der Waals surface area contributed by atoms with Crippen molar-refractivity contribution in [1.82, 2.24) is 14.5 Å². The number of piperazine rings is 1. The highest BCUT2D eigenvalue weighted by molar-refractivity contribution is 9.10. The minimum absolute atomic E-state index is 0. The first-order valence-corrected chi connectivity index (χ1v) is 11.0. The summed E-state index contributed by atoms with van der Waals surface area (Å²) in [7, 11) is -1.97. The van der Waals surface area contributed by atoms with Gasteiger partial charge in [0.1, 0.15) is 5.75 Å². The maximum Gasteiger partial charge on any atom is 0.287 e. The molecule has 1 N–H and O–H groups in total. The van der Waals surface area contributed by atoms with Gasteiger partial charge in [-0.15, -0.1) is 12.4 Å². The molecule has 1 saturated heterocycles. The van der Waals surface area contributed by atoms with Gasteiger partial charge in [0.2, 0.25) is 10.0 Å². The van der Waals surface area contributed by atoms with Gasteiger partial charge >= 0.3 is 0 Å².